The first-order valence-corrected chi connectivity index (χ1v) is 6.65. The SMILES string of the molecule is Cc1cc(CNC(=O)N[C@H](c2c(F)cccc2F)C(F)(F)F)on1. The Bertz CT molecular complexity index is 709. The van der Waals surface area contributed by atoms with Crippen LogP contribution in [0, 0.1) is 18.6 Å². The second kappa shape index (κ2) is 6.85. The normalized spacial score (nSPS) is 12.8. The van der Waals surface area contributed by atoms with E-state index < -0.39 is 35.4 Å². The molecule has 1 heterocycles. The molecule has 130 valence electrons. The fourth-order valence-electron chi connectivity index (χ4n) is 1.95. The van der Waals surface area contributed by atoms with Crippen molar-refractivity contribution in [3.63, 3.8) is 0 Å². The van der Waals surface area contributed by atoms with Crippen LogP contribution in [0.5, 0.6) is 0 Å². The second-order valence-corrected chi connectivity index (χ2v) is 4.87. The summed E-state index contributed by atoms with van der Waals surface area (Å²) < 4.78 is 71.2. The van der Waals surface area contributed by atoms with Crippen molar-refractivity contribution < 1.29 is 31.3 Å². The summed E-state index contributed by atoms with van der Waals surface area (Å²) >= 11 is 0. The van der Waals surface area contributed by atoms with E-state index in [0.29, 0.717) is 17.8 Å². The Kier molecular flexibility index (Phi) is 5.05. The zero-order valence-corrected chi connectivity index (χ0v) is 12.2. The van der Waals surface area contributed by atoms with Gasteiger partial charge in [0.1, 0.15) is 11.6 Å². The standard InChI is InChI=1S/C14H12F5N3O2/c1-7-5-8(24-22-7)6-20-13(23)21-12(14(17,18)19)11-9(15)3-2-4-10(11)16/h2-5,12H,6H2,1H3,(H2,20,21,23)/t12-/m1/s1. The molecule has 0 radical (unpaired) electrons. The second-order valence-electron chi connectivity index (χ2n) is 4.87. The average Bonchev–Trinajstić information content (AvgIpc) is 2.88. The largest absolute Gasteiger partial charge is 0.413 e. The number of urea groups is 1. The Morgan fingerprint density at radius 3 is 2.42 bits per heavy atom. The van der Waals surface area contributed by atoms with Gasteiger partial charge in [-0.05, 0) is 19.1 Å². The molecule has 0 unspecified atom stereocenters. The summed E-state index contributed by atoms with van der Waals surface area (Å²) in [7, 11) is 0. The highest BCUT2D eigenvalue weighted by atomic mass is 19.4. The Balaban J connectivity index is 2.13. The van der Waals surface area contributed by atoms with Crippen LogP contribution < -0.4 is 10.6 Å². The van der Waals surface area contributed by atoms with Crippen LogP contribution in [0.15, 0.2) is 28.8 Å². The van der Waals surface area contributed by atoms with E-state index in [9.17, 15) is 26.7 Å². The number of benzene rings is 1. The van der Waals surface area contributed by atoms with Gasteiger partial charge in [-0.3, -0.25) is 0 Å². The van der Waals surface area contributed by atoms with E-state index in [-0.39, 0.29) is 12.3 Å². The number of carbonyl (C=O) groups excluding carboxylic acids is 1. The van der Waals surface area contributed by atoms with Gasteiger partial charge in [-0.2, -0.15) is 13.2 Å². The number of nitrogens with one attached hydrogen (secondary N) is 2. The highest BCUT2D eigenvalue weighted by molar-refractivity contribution is 5.74. The van der Waals surface area contributed by atoms with Crippen LogP contribution in [0.25, 0.3) is 0 Å². The van der Waals surface area contributed by atoms with Gasteiger partial charge < -0.3 is 15.2 Å². The molecule has 5 nitrogen and oxygen atoms in total. The maximum Gasteiger partial charge on any atom is 0.413 e. The third-order valence-corrected chi connectivity index (χ3v) is 2.99. The van der Waals surface area contributed by atoms with Crippen LogP contribution >= 0.6 is 0 Å². The molecule has 1 aromatic carbocycles. The lowest BCUT2D eigenvalue weighted by Crippen LogP contribution is -2.44. The number of rotatable bonds is 4. The topological polar surface area (TPSA) is 67.2 Å². The van der Waals surface area contributed by atoms with Crippen molar-refractivity contribution in [1.29, 1.82) is 0 Å². The van der Waals surface area contributed by atoms with Crippen LogP contribution in [0.2, 0.25) is 0 Å². The van der Waals surface area contributed by atoms with E-state index in [2.05, 4.69) is 10.5 Å². The molecule has 0 spiro atoms. The zero-order valence-electron chi connectivity index (χ0n) is 12.2. The monoisotopic (exact) mass is 349 g/mol. The summed E-state index contributed by atoms with van der Waals surface area (Å²) in [6.45, 7) is 1.38. The predicted molar refractivity (Wildman–Crippen MR) is 71.8 cm³/mol. The molecule has 2 N–H and O–H groups in total. The Labute approximate surface area is 132 Å². The molecule has 10 heteroatoms. The van der Waals surface area contributed by atoms with Gasteiger partial charge in [0.05, 0.1) is 17.8 Å². The van der Waals surface area contributed by atoms with Gasteiger partial charge in [0, 0.05) is 6.07 Å². The first-order valence-electron chi connectivity index (χ1n) is 6.65. The number of hydrogen-bond acceptors (Lipinski definition) is 3. The smallest absolute Gasteiger partial charge is 0.359 e. The summed E-state index contributed by atoms with van der Waals surface area (Å²) in [5.74, 6) is -2.62. The van der Waals surface area contributed by atoms with Crippen molar-refractivity contribution in [3.05, 3.63) is 52.9 Å². The van der Waals surface area contributed by atoms with Crippen LogP contribution in [-0.2, 0) is 6.54 Å². The molecule has 2 amide bonds. The third-order valence-electron chi connectivity index (χ3n) is 2.99. The summed E-state index contributed by atoms with van der Waals surface area (Å²) in [6, 6.07) is -0.363. The molecule has 2 rings (SSSR count). The molecule has 2 aromatic rings. The number of amides is 2. The van der Waals surface area contributed by atoms with E-state index in [1.54, 1.807) is 6.92 Å². The molecule has 0 saturated heterocycles. The van der Waals surface area contributed by atoms with E-state index in [1.807, 2.05) is 0 Å². The quantitative estimate of drug-likeness (QED) is 0.832. The van der Waals surface area contributed by atoms with E-state index in [4.69, 9.17) is 4.52 Å². The maximum atomic E-state index is 13.6. The lowest BCUT2D eigenvalue weighted by molar-refractivity contribution is -0.156. The van der Waals surface area contributed by atoms with Crippen molar-refractivity contribution in [2.75, 3.05) is 0 Å². The van der Waals surface area contributed by atoms with Crippen LogP contribution in [0.4, 0.5) is 26.7 Å². The van der Waals surface area contributed by atoms with Crippen molar-refractivity contribution >= 4 is 6.03 Å². The van der Waals surface area contributed by atoms with Gasteiger partial charge >= 0.3 is 12.2 Å². The third kappa shape index (κ3) is 4.21. The fraction of sp³-hybridized carbons (Fsp3) is 0.286. The highest BCUT2D eigenvalue weighted by Gasteiger charge is 2.44. The Morgan fingerprint density at radius 1 is 1.29 bits per heavy atom. The number of alkyl halides is 3. The minimum atomic E-state index is -5.09. The van der Waals surface area contributed by atoms with Crippen LogP contribution in [0.1, 0.15) is 23.1 Å². The summed E-state index contributed by atoms with van der Waals surface area (Å²) in [5.41, 5.74) is -0.760. The van der Waals surface area contributed by atoms with Crippen molar-refractivity contribution in [2.24, 2.45) is 0 Å². The number of nitrogens with zero attached hydrogens (tertiary/aromatic N) is 1. The number of hydrogen-bond donors (Lipinski definition) is 2. The highest BCUT2D eigenvalue weighted by Crippen LogP contribution is 2.35. The zero-order chi connectivity index (χ0) is 17.9. The summed E-state index contributed by atoms with van der Waals surface area (Å²) in [5, 5.41) is 7.15. The first kappa shape index (κ1) is 17.7. The molecule has 1 aromatic heterocycles. The fourth-order valence-corrected chi connectivity index (χ4v) is 1.95. The lowest BCUT2D eigenvalue weighted by Gasteiger charge is -2.23. The first-order chi connectivity index (χ1) is 11.2. The van der Waals surface area contributed by atoms with Crippen LogP contribution in [0.3, 0.4) is 0 Å². The maximum absolute atomic E-state index is 13.6. The minimum absolute atomic E-state index is 0.211. The van der Waals surface area contributed by atoms with Crippen molar-refractivity contribution in [3.8, 4) is 0 Å². The predicted octanol–water partition coefficient (Wildman–Crippen LogP) is 3.36. The van der Waals surface area contributed by atoms with Crippen molar-refractivity contribution in [2.45, 2.75) is 25.7 Å². The lowest BCUT2D eigenvalue weighted by atomic mass is 10.1. The molecule has 1 atom stereocenters. The van der Waals surface area contributed by atoms with Gasteiger partial charge in [-0.25, -0.2) is 13.6 Å². The molecule has 0 fully saturated rings. The molecule has 0 aliphatic carbocycles. The Hall–Kier alpha value is -2.65. The van der Waals surface area contributed by atoms with E-state index in [1.165, 1.54) is 11.4 Å². The summed E-state index contributed by atoms with van der Waals surface area (Å²) in [6.07, 6.45) is -5.09. The molecular formula is C14H12F5N3O2. The summed E-state index contributed by atoms with van der Waals surface area (Å²) in [4.78, 5) is 11.6. The average molecular weight is 349 g/mol. The molecule has 0 aliphatic rings. The van der Waals surface area contributed by atoms with Gasteiger partial charge in [0.25, 0.3) is 0 Å². The van der Waals surface area contributed by atoms with E-state index >= 15 is 0 Å². The number of halogens is 5. The van der Waals surface area contributed by atoms with E-state index in [0.717, 1.165) is 6.07 Å². The van der Waals surface area contributed by atoms with Crippen LogP contribution in [-0.4, -0.2) is 17.4 Å². The molecule has 24 heavy (non-hydrogen) atoms. The van der Waals surface area contributed by atoms with Gasteiger partial charge in [-0.15, -0.1) is 0 Å². The minimum Gasteiger partial charge on any atom is -0.359 e. The molecular weight excluding hydrogens is 337 g/mol. The van der Waals surface area contributed by atoms with Gasteiger partial charge in [0.15, 0.2) is 11.8 Å². The van der Waals surface area contributed by atoms with Gasteiger partial charge in [-0.1, -0.05) is 11.2 Å². The molecule has 0 saturated carbocycles. The Morgan fingerprint density at radius 2 is 1.92 bits per heavy atom. The van der Waals surface area contributed by atoms with Crippen molar-refractivity contribution in [1.82, 2.24) is 15.8 Å². The number of aryl methyl sites for hydroxylation is 1. The molecule has 0 aliphatic heterocycles. The number of aromatic nitrogens is 1. The molecule has 0 bridgehead atoms. The number of carbonyl (C=O) groups is 1. The van der Waals surface area contributed by atoms with Gasteiger partial charge in [0.2, 0.25) is 0 Å².